The smallest absolute Gasteiger partial charge is 0.248 e. The Morgan fingerprint density at radius 2 is 1.79 bits per heavy atom. The van der Waals surface area contributed by atoms with E-state index in [4.69, 9.17) is 5.73 Å². The number of nitrogens with two attached hydrogens (primary N) is 1. The minimum absolute atomic E-state index is 0.450. The van der Waals surface area contributed by atoms with Gasteiger partial charge < -0.3 is 10.2 Å². The van der Waals surface area contributed by atoms with Crippen molar-refractivity contribution in [3.8, 4) is 11.1 Å². The lowest BCUT2D eigenvalue weighted by molar-refractivity contribution is 0.0246. The van der Waals surface area contributed by atoms with Crippen molar-refractivity contribution in [1.82, 2.24) is 9.60 Å². The molecule has 2 heterocycles. The largest absolute Gasteiger partial charge is 0.397 e. The highest BCUT2D eigenvalue weighted by molar-refractivity contribution is 6.32. The van der Waals surface area contributed by atoms with Gasteiger partial charge in [0.25, 0.3) is 0 Å². The van der Waals surface area contributed by atoms with Gasteiger partial charge in [0, 0.05) is 11.3 Å². The van der Waals surface area contributed by atoms with Crippen LogP contribution in [0.2, 0.25) is 6.82 Å². The normalized spacial score (nSPS) is 19.8. The highest BCUT2D eigenvalue weighted by Crippen LogP contribution is 2.42. The number of aromatic nitrogens is 1. The van der Waals surface area contributed by atoms with E-state index in [0.29, 0.717) is 18.7 Å². The van der Waals surface area contributed by atoms with Crippen LogP contribution in [0.25, 0.3) is 22.8 Å². The molecule has 0 bridgehead atoms. The van der Waals surface area contributed by atoms with E-state index in [0.717, 1.165) is 38.7 Å². The molecule has 1 unspecified atom stereocenters. The van der Waals surface area contributed by atoms with Gasteiger partial charge in [-0.2, -0.15) is 5.12 Å². The molecule has 2 aromatic carbocycles. The molecule has 1 aromatic heterocycles. The van der Waals surface area contributed by atoms with Gasteiger partial charge in [0.15, 0.2) is 0 Å². The van der Waals surface area contributed by atoms with Crippen molar-refractivity contribution in [2.45, 2.75) is 32.6 Å². The standard InChI is InChI=1S/C28H30BFN3/c1-21-20-28(2,17-15-23-12-7-8-13-24(23)22-10-5-4-6-11-22)33(30)27(21)25(16-18-31)26-14-9-19-32(26)29-3/h4-15,17,19-20H,16,18,31H2,1-3H3/b17-15+,27-25-. The average Bonchev–Trinajstić information content (AvgIpc) is 3.39. The van der Waals surface area contributed by atoms with Gasteiger partial charge >= 0.3 is 0 Å². The van der Waals surface area contributed by atoms with Crippen LogP contribution in [0.3, 0.4) is 0 Å². The van der Waals surface area contributed by atoms with Crippen LogP contribution in [-0.2, 0) is 0 Å². The van der Waals surface area contributed by atoms with E-state index >= 15 is 4.48 Å². The summed E-state index contributed by atoms with van der Waals surface area (Å²) in [6, 6.07) is 22.5. The molecular formula is C28H30BFN3. The summed E-state index contributed by atoms with van der Waals surface area (Å²) in [5.74, 6) is 0. The Kier molecular flexibility index (Phi) is 6.71. The summed E-state index contributed by atoms with van der Waals surface area (Å²) in [6.07, 6.45) is 8.52. The van der Waals surface area contributed by atoms with Gasteiger partial charge in [-0.15, -0.1) is 0 Å². The third-order valence-corrected chi connectivity index (χ3v) is 6.19. The molecule has 4 rings (SSSR count). The predicted molar refractivity (Wildman–Crippen MR) is 138 cm³/mol. The number of allylic oxidation sites excluding steroid dienone is 1. The van der Waals surface area contributed by atoms with Crippen LogP contribution in [0, 0.1) is 0 Å². The molecule has 2 N–H and O–H groups in total. The monoisotopic (exact) mass is 438 g/mol. The van der Waals surface area contributed by atoms with Gasteiger partial charge in [-0.3, -0.25) is 0 Å². The van der Waals surface area contributed by atoms with Crippen molar-refractivity contribution < 1.29 is 4.48 Å². The Morgan fingerprint density at radius 3 is 2.52 bits per heavy atom. The number of benzene rings is 2. The number of hydrogen-bond acceptors (Lipinski definition) is 2. The fourth-order valence-electron chi connectivity index (χ4n) is 4.60. The zero-order valence-corrected chi connectivity index (χ0v) is 19.5. The fourth-order valence-corrected chi connectivity index (χ4v) is 4.60. The molecular weight excluding hydrogens is 408 g/mol. The fraction of sp³-hybridized carbons (Fsp3) is 0.214. The van der Waals surface area contributed by atoms with Crippen LogP contribution >= 0.6 is 0 Å². The lowest BCUT2D eigenvalue weighted by Gasteiger charge is -2.28. The molecule has 1 aliphatic rings. The maximum atomic E-state index is 16.0. The number of rotatable bonds is 7. The van der Waals surface area contributed by atoms with E-state index in [1.807, 2.05) is 99.5 Å². The first-order chi connectivity index (χ1) is 16.0. The van der Waals surface area contributed by atoms with E-state index < -0.39 is 5.54 Å². The number of nitrogens with zero attached hydrogens (tertiary/aromatic N) is 2. The second-order valence-corrected chi connectivity index (χ2v) is 8.55. The summed E-state index contributed by atoms with van der Waals surface area (Å²) < 4.78 is 18.0. The molecule has 0 fully saturated rings. The molecule has 3 nitrogen and oxygen atoms in total. The molecule has 3 aromatic rings. The molecule has 0 saturated heterocycles. The molecule has 0 amide bonds. The summed E-state index contributed by atoms with van der Waals surface area (Å²) in [5, 5.41) is 0.891. The number of hydrogen-bond donors (Lipinski definition) is 1. The summed E-state index contributed by atoms with van der Waals surface area (Å²) in [5.41, 5.74) is 11.8. The molecule has 0 saturated carbocycles. The van der Waals surface area contributed by atoms with Crippen molar-refractivity contribution in [2.75, 3.05) is 6.54 Å². The molecule has 0 spiro atoms. The predicted octanol–water partition coefficient (Wildman–Crippen LogP) is 6.35. The van der Waals surface area contributed by atoms with Gasteiger partial charge in [-0.25, -0.2) is 0 Å². The second-order valence-electron chi connectivity index (χ2n) is 8.55. The Labute approximate surface area is 196 Å². The van der Waals surface area contributed by atoms with Crippen molar-refractivity contribution in [2.24, 2.45) is 5.73 Å². The highest BCUT2D eigenvalue weighted by atomic mass is 19.2. The SMILES string of the molecule is C[B]n1cccc1/C(CCN)=C1/C(C)=CC(C)(/C=C/c2ccccc2-c2ccccc2)N1F. The van der Waals surface area contributed by atoms with E-state index in [2.05, 4.69) is 24.3 Å². The van der Waals surface area contributed by atoms with Crippen LogP contribution in [-0.4, -0.2) is 29.1 Å². The highest BCUT2D eigenvalue weighted by Gasteiger charge is 2.38. The first kappa shape index (κ1) is 22.9. The Hall–Kier alpha value is -3.31. The third-order valence-electron chi connectivity index (χ3n) is 6.19. The zero-order chi connectivity index (χ0) is 23.4. The summed E-state index contributed by atoms with van der Waals surface area (Å²) >= 11 is 0. The minimum Gasteiger partial charge on any atom is -0.397 e. The molecule has 0 aliphatic carbocycles. The topological polar surface area (TPSA) is 34.2 Å². The Morgan fingerprint density at radius 1 is 1.06 bits per heavy atom. The molecule has 1 radical (unpaired) electrons. The van der Waals surface area contributed by atoms with Crippen molar-refractivity contribution in [3.63, 3.8) is 0 Å². The van der Waals surface area contributed by atoms with E-state index in [1.54, 1.807) is 0 Å². The van der Waals surface area contributed by atoms with Crippen molar-refractivity contribution in [3.05, 3.63) is 108 Å². The summed E-state index contributed by atoms with van der Waals surface area (Å²) in [6.45, 7) is 6.29. The third kappa shape index (κ3) is 4.46. The van der Waals surface area contributed by atoms with Crippen LogP contribution in [0.5, 0.6) is 0 Å². The van der Waals surface area contributed by atoms with Gasteiger partial charge in [0.2, 0.25) is 7.41 Å². The first-order valence-electron chi connectivity index (χ1n) is 11.4. The van der Waals surface area contributed by atoms with Gasteiger partial charge in [0.05, 0.1) is 5.70 Å². The van der Waals surface area contributed by atoms with E-state index in [9.17, 15) is 0 Å². The molecule has 5 heteroatoms. The first-order valence-corrected chi connectivity index (χ1v) is 11.4. The second kappa shape index (κ2) is 9.68. The molecule has 167 valence electrons. The maximum Gasteiger partial charge on any atom is 0.248 e. The molecule has 1 atom stereocenters. The van der Waals surface area contributed by atoms with E-state index in [-0.39, 0.29) is 0 Å². The van der Waals surface area contributed by atoms with Crippen molar-refractivity contribution in [1.29, 1.82) is 0 Å². The summed E-state index contributed by atoms with van der Waals surface area (Å²) in [4.78, 5) is 0. The van der Waals surface area contributed by atoms with Crippen molar-refractivity contribution >= 4 is 19.1 Å². The van der Waals surface area contributed by atoms with Gasteiger partial charge in [-0.05, 0) is 73.5 Å². The number of halogens is 1. The van der Waals surface area contributed by atoms with Gasteiger partial charge in [-0.1, -0.05) is 78.1 Å². The van der Waals surface area contributed by atoms with Gasteiger partial charge in [0.1, 0.15) is 5.54 Å². The quantitative estimate of drug-likeness (QED) is 0.345. The minimum atomic E-state index is -0.892. The lowest BCUT2D eigenvalue weighted by Crippen LogP contribution is -2.32. The molecule has 1 aliphatic heterocycles. The Bertz CT molecular complexity index is 1210. The maximum absolute atomic E-state index is 16.0. The lowest BCUT2D eigenvalue weighted by atomic mass is 9.95. The van der Waals surface area contributed by atoms with Crippen LogP contribution < -0.4 is 5.73 Å². The summed E-state index contributed by atoms with van der Waals surface area (Å²) in [7, 11) is 1.97. The average molecular weight is 438 g/mol. The van der Waals surface area contributed by atoms with Crippen LogP contribution in [0.1, 0.15) is 31.5 Å². The molecule has 33 heavy (non-hydrogen) atoms. The van der Waals surface area contributed by atoms with E-state index in [1.165, 1.54) is 0 Å². The van der Waals surface area contributed by atoms with Crippen LogP contribution in [0.15, 0.2) is 96.3 Å². The Balaban J connectivity index is 1.73. The zero-order valence-electron chi connectivity index (χ0n) is 19.5. The van der Waals surface area contributed by atoms with Crippen LogP contribution in [0.4, 0.5) is 4.48 Å².